The summed E-state index contributed by atoms with van der Waals surface area (Å²) in [6.45, 7) is 4.28. The Morgan fingerprint density at radius 1 is 1.28 bits per heavy atom. The molecule has 0 aromatic carbocycles. The largest absolute Gasteiger partial charge is 0.509 e. The number of aliphatic hydroxyl groups excluding tert-OH is 1. The maximum atomic E-state index is 15.5. The number of hydrogen-bond donors (Lipinski definition) is 1. The van der Waals surface area contributed by atoms with Gasteiger partial charge < -0.3 is 14.6 Å². The molecule has 8 atom stereocenters. The summed E-state index contributed by atoms with van der Waals surface area (Å²) in [5.74, 6) is -2.17. The Bertz CT molecular complexity index is 1130. The minimum Gasteiger partial charge on any atom is -0.435 e. The molecule has 0 radical (unpaired) electrons. The number of halogens is 1. The zero-order valence-corrected chi connectivity index (χ0v) is 21.7. The number of allylic oxidation sites excluding steroid dienone is 4. The van der Waals surface area contributed by atoms with Crippen molar-refractivity contribution in [3.8, 4) is 0 Å². The number of hydrogen-bond acceptors (Lipinski definition) is 9. The van der Waals surface area contributed by atoms with Crippen molar-refractivity contribution in [3.63, 3.8) is 0 Å². The van der Waals surface area contributed by atoms with Gasteiger partial charge in [-0.05, 0) is 62.2 Å². The number of alkyl halides is 1. The quantitative estimate of drug-likeness (QED) is 0.408. The molecule has 0 amide bonds. The van der Waals surface area contributed by atoms with Gasteiger partial charge in [0.1, 0.15) is 12.8 Å². The molecular weight excluding hydrogens is 495 g/mol. The molecule has 0 bridgehead atoms. The second-order valence-corrected chi connectivity index (χ2v) is 12.5. The van der Waals surface area contributed by atoms with Gasteiger partial charge in [-0.3, -0.25) is 13.8 Å². The highest BCUT2D eigenvalue weighted by Crippen LogP contribution is 2.68. The Morgan fingerprint density at radius 2 is 1.97 bits per heavy atom. The van der Waals surface area contributed by atoms with Crippen LogP contribution in [0.3, 0.4) is 0 Å². The fraction of sp³-hybridized carbons (Fsp3) is 0.720. The second-order valence-electron chi connectivity index (χ2n) is 10.8. The molecule has 0 aromatic heterocycles. The molecule has 36 heavy (non-hydrogen) atoms. The number of Topliss-reactive ketones (excluding diaryl/α,β-unsaturated/α-hetero) is 1. The lowest BCUT2D eigenvalue weighted by Crippen LogP contribution is -2.64. The van der Waals surface area contributed by atoms with Gasteiger partial charge in [0.15, 0.2) is 11.4 Å². The average Bonchev–Trinajstić information content (AvgIpc) is 3.05. The molecule has 11 heteroatoms. The van der Waals surface area contributed by atoms with Gasteiger partial charge in [-0.2, -0.15) is 8.42 Å². The van der Waals surface area contributed by atoms with Gasteiger partial charge in [0.2, 0.25) is 5.78 Å². The van der Waals surface area contributed by atoms with Crippen LogP contribution < -0.4 is 0 Å². The number of ketones is 2. The van der Waals surface area contributed by atoms with Crippen molar-refractivity contribution in [2.75, 3.05) is 19.5 Å². The summed E-state index contributed by atoms with van der Waals surface area (Å²) in [6.07, 6.45) is 2.22. The summed E-state index contributed by atoms with van der Waals surface area (Å²) < 4.78 is 54.1. The van der Waals surface area contributed by atoms with E-state index in [1.807, 2.05) is 6.92 Å². The maximum Gasteiger partial charge on any atom is 0.509 e. The fourth-order valence-corrected chi connectivity index (χ4v) is 7.89. The smallest absolute Gasteiger partial charge is 0.435 e. The first-order chi connectivity index (χ1) is 16.7. The molecule has 3 saturated carbocycles. The van der Waals surface area contributed by atoms with Crippen LogP contribution in [-0.4, -0.2) is 68.6 Å². The van der Waals surface area contributed by atoms with Crippen LogP contribution in [0.2, 0.25) is 0 Å². The van der Waals surface area contributed by atoms with Crippen molar-refractivity contribution in [2.24, 2.45) is 28.6 Å². The maximum absolute atomic E-state index is 15.5. The van der Waals surface area contributed by atoms with E-state index in [2.05, 4.69) is 0 Å². The van der Waals surface area contributed by atoms with Gasteiger partial charge in [-0.15, -0.1) is 0 Å². The van der Waals surface area contributed by atoms with Gasteiger partial charge in [0.25, 0.3) is 10.1 Å². The number of rotatable bonds is 6. The summed E-state index contributed by atoms with van der Waals surface area (Å²) in [4.78, 5) is 38.0. The van der Waals surface area contributed by atoms with Gasteiger partial charge >= 0.3 is 6.16 Å². The minimum absolute atomic E-state index is 0.00153. The standard InChI is InChI=1S/C25H33FO9S/c1-5-33-22(30)35-25(20(29)13-34-36(4,31)32)9-7-16-15-11-18(26)17-10-14(27)6-8-23(17,2)21(15)19(28)12-24(16,25)3/h6,8,10,15-16,18-19,21,28H,5,7,9,11-13H2,1-4H3/t15-,16-,18-,19?,21+,23-,24-,25-/m0/s1. The Kier molecular flexibility index (Phi) is 6.75. The Hall–Kier alpha value is -2.11. The Labute approximate surface area is 210 Å². The molecule has 1 unspecified atom stereocenters. The summed E-state index contributed by atoms with van der Waals surface area (Å²) in [5, 5.41) is 11.5. The average molecular weight is 529 g/mol. The SMILES string of the molecule is CCOC(=O)O[C@]1(C(=O)COS(C)(=O)=O)CC[C@H]2[C@@H]3C[C@H](F)C4=CC(=O)C=C[C@]4(C)[C@H]3C(O)C[C@@]21C. The van der Waals surface area contributed by atoms with Crippen LogP contribution in [0.4, 0.5) is 9.18 Å². The predicted molar refractivity (Wildman–Crippen MR) is 125 cm³/mol. The highest BCUT2D eigenvalue weighted by molar-refractivity contribution is 7.86. The summed E-state index contributed by atoms with van der Waals surface area (Å²) in [7, 11) is -3.96. The molecule has 4 aliphatic carbocycles. The molecule has 200 valence electrons. The number of ether oxygens (including phenoxy) is 2. The zero-order chi connectivity index (χ0) is 26.7. The van der Waals surface area contributed by atoms with Gasteiger partial charge in [0.05, 0.1) is 19.0 Å². The molecule has 0 aromatic rings. The highest BCUT2D eigenvalue weighted by atomic mass is 32.2. The highest BCUT2D eigenvalue weighted by Gasteiger charge is 2.71. The lowest BCUT2D eigenvalue weighted by atomic mass is 9.46. The Morgan fingerprint density at radius 3 is 2.61 bits per heavy atom. The van der Waals surface area contributed by atoms with E-state index in [0.29, 0.717) is 12.0 Å². The van der Waals surface area contributed by atoms with E-state index in [0.717, 1.165) is 6.26 Å². The van der Waals surface area contributed by atoms with E-state index in [9.17, 15) is 27.9 Å². The second kappa shape index (κ2) is 9.02. The Balaban J connectivity index is 1.75. The van der Waals surface area contributed by atoms with Crippen LogP contribution in [0.15, 0.2) is 23.8 Å². The first-order valence-corrected chi connectivity index (χ1v) is 14.0. The van der Waals surface area contributed by atoms with Crippen molar-refractivity contribution >= 4 is 27.8 Å². The molecule has 1 N–H and O–H groups in total. The molecular formula is C25H33FO9S. The molecule has 3 fully saturated rings. The van der Waals surface area contributed by atoms with Crippen molar-refractivity contribution in [1.82, 2.24) is 0 Å². The molecule has 0 spiro atoms. The molecule has 0 heterocycles. The first kappa shape index (κ1) is 26.9. The van der Waals surface area contributed by atoms with Crippen molar-refractivity contribution in [2.45, 2.75) is 64.3 Å². The van der Waals surface area contributed by atoms with E-state index >= 15 is 4.39 Å². The molecule has 9 nitrogen and oxygen atoms in total. The van der Waals surface area contributed by atoms with Crippen LogP contribution in [0.25, 0.3) is 0 Å². The number of aliphatic hydroxyl groups is 1. The molecule has 0 saturated heterocycles. The van der Waals surface area contributed by atoms with Gasteiger partial charge in [-0.1, -0.05) is 19.9 Å². The topological polar surface area (TPSA) is 133 Å². The summed E-state index contributed by atoms with van der Waals surface area (Å²) >= 11 is 0. The van der Waals surface area contributed by atoms with E-state index in [1.165, 1.54) is 12.2 Å². The molecule has 4 aliphatic rings. The third kappa shape index (κ3) is 4.12. The summed E-state index contributed by atoms with van der Waals surface area (Å²) in [5.41, 5.74) is -3.48. The van der Waals surface area contributed by atoms with Crippen LogP contribution >= 0.6 is 0 Å². The number of carbonyl (C=O) groups is 3. The fourth-order valence-electron chi connectivity index (χ4n) is 7.57. The van der Waals surface area contributed by atoms with E-state index < -0.39 is 63.3 Å². The van der Waals surface area contributed by atoms with Crippen LogP contribution in [0.1, 0.15) is 46.5 Å². The zero-order valence-electron chi connectivity index (χ0n) is 20.9. The van der Waals surface area contributed by atoms with Gasteiger partial charge in [-0.25, -0.2) is 9.18 Å². The van der Waals surface area contributed by atoms with Crippen molar-refractivity contribution in [1.29, 1.82) is 0 Å². The minimum atomic E-state index is -3.96. The van der Waals surface area contributed by atoms with E-state index in [-0.39, 0.29) is 43.5 Å². The van der Waals surface area contributed by atoms with Gasteiger partial charge in [0, 0.05) is 16.7 Å². The lowest BCUT2D eigenvalue weighted by Gasteiger charge is -2.60. The molecule has 0 aliphatic heterocycles. The number of fused-ring (bicyclic) bond motifs is 5. The lowest BCUT2D eigenvalue weighted by molar-refractivity contribution is -0.185. The van der Waals surface area contributed by atoms with Crippen LogP contribution in [0.5, 0.6) is 0 Å². The third-order valence-corrected chi connectivity index (χ3v) is 9.52. The normalized spacial score (nSPS) is 41.6. The summed E-state index contributed by atoms with van der Waals surface area (Å²) in [6, 6.07) is 0. The number of carbonyl (C=O) groups excluding carboxylic acids is 3. The molecule has 4 rings (SSSR count). The monoisotopic (exact) mass is 528 g/mol. The predicted octanol–water partition coefficient (Wildman–Crippen LogP) is 2.67. The third-order valence-electron chi connectivity index (χ3n) is 8.97. The van der Waals surface area contributed by atoms with Crippen molar-refractivity contribution < 1.29 is 46.0 Å². The van der Waals surface area contributed by atoms with Crippen LogP contribution in [0, 0.1) is 28.6 Å². The van der Waals surface area contributed by atoms with E-state index in [4.69, 9.17) is 13.7 Å². The van der Waals surface area contributed by atoms with E-state index in [1.54, 1.807) is 19.9 Å². The van der Waals surface area contributed by atoms with Crippen molar-refractivity contribution in [3.05, 3.63) is 23.8 Å². The first-order valence-electron chi connectivity index (χ1n) is 12.2. The van der Waals surface area contributed by atoms with Crippen LogP contribution in [-0.2, 0) is 33.4 Å².